The quantitative estimate of drug-likeness (QED) is 0.427. The first-order valence-electron chi connectivity index (χ1n) is 8.74. The molecule has 0 radical (unpaired) electrons. The highest BCUT2D eigenvalue weighted by Gasteiger charge is 2.16. The summed E-state index contributed by atoms with van der Waals surface area (Å²) in [7, 11) is -2.35. The molecule has 0 atom stereocenters. The van der Waals surface area contributed by atoms with E-state index in [1.54, 1.807) is 36.4 Å². The van der Waals surface area contributed by atoms with Gasteiger partial charge in [0, 0.05) is 21.8 Å². The summed E-state index contributed by atoms with van der Waals surface area (Å²) in [6, 6.07) is 19.1. The first kappa shape index (κ1) is 21.4. The van der Waals surface area contributed by atoms with Crippen LogP contribution >= 0.6 is 11.6 Å². The first-order valence-corrected chi connectivity index (χ1v) is 10.6. The molecule has 154 valence electrons. The van der Waals surface area contributed by atoms with Gasteiger partial charge >= 0.3 is 0 Å². The lowest BCUT2D eigenvalue weighted by Crippen LogP contribution is -2.19. The van der Waals surface area contributed by atoms with Gasteiger partial charge in [0.2, 0.25) is 0 Å². The fourth-order valence-electron chi connectivity index (χ4n) is 2.53. The monoisotopic (exact) mass is 443 g/mol. The van der Waals surface area contributed by atoms with E-state index >= 15 is 0 Å². The number of carbonyl (C=O) groups excluding carboxylic acids is 1. The number of nitrogens with zero attached hydrogens (tertiary/aromatic N) is 1. The van der Waals surface area contributed by atoms with Crippen LogP contribution in [0.4, 0.5) is 5.69 Å². The topological polar surface area (TPSA) is 96.9 Å². The van der Waals surface area contributed by atoms with Crippen molar-refractivity contribution in [2.75, 3.05) is 11.8 Å². The minimum atomic E-state index is -3.88. The van der Waals surface area contributed by atoms with Crippen molar-refractivity contribution < 1.29 is 17.9 Å². The molecule has 0 unspecified atom stereocenters. The van der Waals surface area contributed by atoms with E-state index in [0.29, 0.717) is 22.0 Å². The number of para-hydroxylation sites is 1. The largest absolute Gasteiger partial charge is 0.496 e. The van der Waals surface area contributed by atoms with Gasteiger partial charge < -0.3 is 4.74 Å². The molecule has 0 fully saturated rings. The Balaban J connectivity index is 1.73. The molecule has 0 spiro atoms. The number of hydrogen-bond donors (Lipinski definition) is 2. The van der Waals surface area contributed by atoms with Crippen LogP contribution in [0.2, 0.25) is 5.02 Å². The number of amides is 1. The van der Waals surface area contributed by atoms with Gasteiger partial charge in [-0.1, -0.05) is 29.8 Å². The number of hydrogen-bond acceptors (Lipinski definition) is 5. The van der Waals surface area contributed by atoms with Crippen LogP contribution in [0, 0.1) is 0 Å². The van der Waals surface area contributed by atoms with Crippen LogP contribution < -0.4 is 14.9 Å². The fraction of sp³-hybridized carbons (Fsp3) is 0.0476. The molecule has 2 N–H and O–H groups in total. The van der Waals surface area contributed by atoms with Crippen molar-refractivity contribution in [3.63, 3.8) is 0 Å². The Morgan fingerprint density at radius 2 is 1.77 bits per heavy atom. The normalized spacial score (nSPS) is 11.3. The second kappa shape index (κ2) is 9.43. The molecule has 0 saturated carbocycles. The van der Waals surface area contributed by atoms with Crippen molar-refractivity contribution in [1.82, 2.24) is 5.43 Å². The number of rotatable bonds is 7. The van der Waals surface area contributed by atoms with Crippen molar-refractivity contribution in [3.8, 4) is 5.75 Å². The summed E-state index contributed by atoms with van der Waals surface area (Å²) in [5.41, 5.74) is 3.56. The van der Waals surface area contributed by atoms with E-state index in [4.69, 9.17) is 16.3 Å². The molecule has 0 aliphatic carbocycles. The highest BCUT2D eigenvalue weighted by Crippen LogP contribution is 2.19. The van der Waals surface area contributed by atoms with Gasteiger partial charge in [0.15, 0.2) is 0 Å². The van der Waals surface area contributed by atoms with E-state index in [0.717, 1.165) is 0 Å². The van der Waals surface area contributed by atoms with E-state index in [1.165, 1.54) is 37.6 Å². The number of carbonyl (C=O) groups is 1. The third-order valence-corrected chi connectivity index (χ3v) is 5.64. The fourth-order valence-corrected chi connectivity index (χ4v) is 3.76. The maximum absolute atomic E-state index is 12.6. The molecule has 9 heteroatoms. The SMILES string of the molecule is COc1ccccc1C=NNC(=O)c1cccc(S(=O)(=O)Nc2ccc(Cl)cc2)c1. The summed E-state index contributed by atoms with van der Waals surface area (Å²) < 4.78 is 32.9. The Labute approximate surface area is 179 Å². The molecule has 3 aromatic carbocycles. The lowest BCUT2D eigenvalue weighted by Gasteiger charge is -2.09. The van der Waals surface area contributed by atoms with Gasteiger partial charge in [0.1, 0.15) is 5.75 Å². The second-order valence-electron chi connectivity index (χ2n) is 6.08. The lowest BCUT2D eigenvalue weighted by molar-refractivity contribution is 0.0955. The molecule has 3 rings (SSSR count). The molecule has 0 heterocycles. The van der Waals surface area contributed by atoms with Crippen molar-refractivity contribution in [2.45, 2.75) is 4.90 Å². The summed E-state index contributed by atoms with van der Waals surface area (Å²) in [5, 5.41) is 4.40. The molecule has 0 aliphatic rings. The Hall–Kier alpha value is -3.36. The van der Waals surface area contributed by atoms with Crippen LogP contribution in [0.3, 0.4) is 0 Å². The van der Waals surface area contributed by atoms with Gasteiger partial charge in [-0.2, -0.15) is 5.10 Å². The van der Waals surface area contributed by atoms with Crippen molar-refractivity contribution in [3.05, 3.63) is 88.9 Å². The lowest BCUT2D eigenvalue weighted by atomic mass is 10.2. The second-order valence-corrected chi connectivity index (χ2v) is 8.20. The molecule has 1 amide bonds. The zero-order valence-electron chi connectivity index (χ0n) is 15.9. The number of sulfonamides is 1. The Morgan fingerprint density at radius 3 is 2.50 bits per heavy atom. The van der Waals surface area contributed by atoms with Gasteiger partial charge in [-0.05, 0) is 54.6 Å². The summed E-state index contributed by atoms with van der Waals surface area (Å²) >= 11 is 5.81. The number of hydrazone groups is 1. The van der Waals surface area contributed by atoms with Gasteiger partial charge in [-0.3, -0.25) is 9.52 Å². The van der Waals surface area contributed by atoms with Crippen molar-refractivity contribution in [1.29, 1.82) is 0 Å². The smallest absolute Gasteiger partial charge is 0.271 e. The van der Waals surface area contributed by atoms with Crippen LogP contribution in [0.25, 0.3) is 0 Å². The average molecular weight is 444 g/mol. The van der Waals surface area contributed by atoms with Gasteiger partial charge in [-0.15, -0.1) is 0 Å². The third kappa shape index (κ3) is 5.37. The van der Waals surface area contributed by atoms with E-state index in [9.17, 15) is 13.2 Å². The predicted octanol–water partition coefficient (Wildman–Crippen LogP) is 3.91. The van der Waals surface area contributed by atoms with Crippen LogP contribution in [0.15, 0.2) is 82.8 Å². The molecule has 0 aliphatic heterocycles. The molecule has 3 aromatic rings. The highest BCUT2D eigenvalue weighted by molar-refractivity contribution is 7.92. The summed E-state index contributed by atoms with van der Waals surface area (Å²) in [6.45, 7) is 0. The molecular formula is C21H18ClN3O4S. The number of halogens is 1. The Morgan fingerprint density at radius 1 is 1.03 bits per heavy atom. The summed E-state index contributed by atoms with van der Waals surface area (Å²) in [6.07, 6.45) is 1.44. The predicted molar refractivity (Wildman–Crippen MR) is 117 cm³/mol. The van der Waals surface area contributed by atoms with Gasteiger partial charge in [0.25, 0.3) is 15.9 Å². The zero-order chi connectivity index (χ0) is 21.6. The van der Waals surface area contributed by atoms with E-state index in [1.807, 2.05) is 12.1 Å². The van der Waals surface area contributed by atoms with E-state index < -0.39 is 15.9 Å². The van der Waals surface area contributed by atoms with Crippen LogP contribution in [0.1, 0.15) is 15.9 Å². The molecule has 0 saturated heterocycles. The minimum Gasteiger partial charge on any atom is -0.496 e. The third-order valence-electron chi connectivity index (χ3n) is 4.01. The first-order chi connectivity index (χ1) is 14.4. The van der Waals surface area contributed by atoms with E-state index in [2.05, 4.69) is 15.2 Å². The maximum Gasteiger partial charge on any atom is 0.271 e. The summed E-state index contributed by atoms with van der Waals surface area (Å²) in [4.78, 5) is 12.3. The Bertz CT molecular complexity index is 1180. The number of nitrogens with one attached hydrogen (secondary N) is 2. The van der Waals surface area contributed by atoms with Crippen molar-refractivity contribution in [2.24, 2.45) is 5.10 Å². The number of benzene rings is 3. The standard InChI is InChI=1S/C21H18ClN3O4S/c1-29-20-8-3-2-5-16(20)14-23-24-21(26)15-6-4-7-19(13-15)30(27,28)25-18-11-9-17(22)10-12-18/h2-14,25H,1H3,(H,24,26). The van der Waals surface area contributed by atoms with E-state index in [-0.39, 0.29) is 10.5 Å². The maximum atomic E-state index is 12.6. The van der Waals surface area contributed by atoms with Gasteiger partial charge in [-0.25, -0.2) is 13.8 Å². The molecular weight excluding hydrogens is 426 g/mol. The summed E-state index contributed by atoms with van der Waals surface area (Å²) in [5.74, 6) is 0.0570. The Kier molecular flexibility index (Phi) is 6.71. The van der Waals surface area contributed by atoms with Crippen LogP contribution in [-0.4, -0.2) is 27.6 Å². The molecule has 0 aromatic heterocycles. The highest BCUT2D eigenvalue weighted by atomic mass is 35.5. The van der Waals surface area contributed by atoms with Gasteiger partial charge in [0.05, 0.1) is 18.2 Å². The molecule has 7 nitrogen and oxygen atoms in total. The van der Waals surface area contributed by atoms with Crippen LogP contribution in [-0.2, 0) is 10.0 Å². The molecule has 0 bridgehead atoms. The number of methoxy groups -OCH3 is 1. The zero-order valence-corrected chi connectivity index (χ0v) is 17.4. The van der Waals surface area contributed by atoms with Crippen LogP contribution in [0.5, 0.6) is 5.75 Å². The molecule has 30 heavy (non-hydrogen) atoms. The van der Waals surface area contributed by atoms with Crippen molar-refractivity contribution >= 4 is 39.4 Å². The average Bonchev–Trinajstić information content (AvgIpc) is 2.75. The number of ether oxygens (including phenoxy) is 1. The minimum absolute atomic E-state index is 0.0567. The number of anilines is 1.